The van der Waals surface area contributed by atoms with Gasteiger partial charge in [0.1, 0.15) is 24.2 Å². The van der Waals surface area contributed by atoms with Crippen molar-refractivity contribution in [3.05, 3.63) is 28.8 Å². The van der Waals surface area contributed by atoms with Gasteiger partial charge in [0.05, 0.1) is 10.6 Å². The van der Waals surface area contributed by atoms with Crippen molar-refractivity contribution in [2.75, 3.05) is 13.1 Å². The number of carbonyl (C=O) groups is 2. The molecule has 6 nitrogen and oxygen atoms in total. The molecule has 0 spiro atoms. The van der Waals surface area contributed by atoms with Crippen LogP contribution < -0.4 is 10.1 Å². The van der Waals surface area contributed by atoms with E-state index >= 15 is 0 Å². The van der Waals surface area contributed by atoms with E-state index in [0.717, 1.165) is 45.1 Å². The van der Waals surface area contributed by atoms with E-state index in [0.29, 0.717) is 22.4 Å². The highest BCUT2D eigenvalue weighted by atomic mass is 35.5. The quantitative estimate of drug-likeness (QED) is 0.629. The molecule has 0 unspecified atom stereocenters. The van der Waals surface area contributed by atoms with Crippen molar-refractivity contribution >= 4 is 23.8 Å². The molecular weight excluding hydrogens is 438 g/mol. The molecular formula is C26H34ClN3O3. The third-order valence-corrected chi connectivity index (χ3v) is 8.52. The SMILES string of the molecule is CC1(C)C(NC(=O)C2CC(N3CCC(C=O)CC3)C2)C(C)(C)C1Oc1ccc(C#N)c(Cl)c1. The predicted octanol–water partition coefficient (Wildman–Crippen LogP) is 4.20. The van der Waals surface area contributed by atoms with Crippen LogP contribution in [-0.4, -0.2) is 48.4 Å². The first-order chi connectivity index (χ1) is 15.6. The lowest BCUT2D eigenvalue weighted by Crippen LogP contribution is -2.75. The molecule has 7 heteroatoms. The van der Waals surface area contributed by atoms with Crippen LogP contribution in [0.3, 0.4) is 0 Å². The molecule has 1 aromatic rings. The van der Waals surface area contributed by atoms with E-state index in [1.807, 2.05) is 0 Å². The fourth-order valence-electron chi connectivity index (χ4n) is 6.38. The number of hydrogen-bond acceptors (Lipinski definition) is 5. The van der Waals surface area contributed by atoms with Crippen LogP contribution in [0.15, 0.2) is 18.2 Å². The molecule has 0 radical (unpaired) electrons. The molecule has 0 aromatic heterocycles. The van der Waals surface area contributed by atoms with E-state index in [4.69, 9.17) is 21.6 Å². The fourth-order valence-corrected chi connectivity index (χ4v) is 6.59. The van der Waals surface area contributed by atoms with Gasteiger partial charge in [-0.2, -0.15) is 5.26 Å². The Morgan fingerprint density at radius 1 is 1.21 bits per heavy atom. The zero-order chi connectivity index (χ0) is 24.0. The number of rotatable bonds is 6. The number of carbonyl (C=O) groups excluding carboxylic acids is 2. The lowest BCUT2D eigenvalue weighted by Gasteiger charge is -2.63. The number of hydrogen-bond donors (Lipinski definition) is 1. The van der Waals surface area contributed by atoms with Gasteiger partial charge in [-0.25, -0.2) is 0 Å². The van der Waals surface area contributed by atoms with Crippen LogP contribution in [-0.2, 0) is 9.59 Å². The van der Waals surface area contributed by atoms with Crippen LogP contribution in [0.1, 0.15) is 58.9 Å². The Morgan fingerprint density at radius 2 is 1.85 bits per heavy atom. The topological polar surface area (TPSA) is 82.4 Å². The van der Waals surface area contributed by atoms with E-state index in [9.17, 15) is 9.59 Å². The van der Waals surface area contributed by atoms with E-state index in [1.165, 1.54) is 0 Å². The van der Waals surface area contributed by atoms with E-state index in [1.54, 1.807) is 18.2 Å². The summed E-state index contributed by atoms with van der Waals surface area (Å²) < 4.78 is 6.31. The van der Waals surface area contributed by atoms with Crippen molar-refractivity contribution in [3.63, 3.8) is 0 Å². The Balaban J connectivity index is 1.32. The number of benzene rings is 1. The third-order valence-electron chi connectivity index (χ3n) is 8.21. The molecule has 33 heavy (non-hydrogen) atoms. The highest BCUT2D eigenvalue weighted by Crippen LogP contribution is 2.56. The fraction of sp³-hybridized carbons (Fsp3) is 0.654. The lowest BCUT2D eigenvalue weighted by atomic mass is 9.49. The maximum absolute atomic E-state index is 13.0. The molecule has 1 N–H and O–H groups in total. The summed E-state index contributed by atoms with van der Waals surface area (Å²) in [5.74, 6) is 1.04. The molecule has 1 aromatic carbocycles. The Bertz CT molecular complexity index is 940. The summed E-state index contributed by atoms with van der Waals surface area (Å²) >= 11 is 6.18. The molecule has 3 aliphatic rings. The third kappa shape index (κ3) is 4.38. The van der Waals surface area contributed by atoms with E-state index in [-0.39, 0.29) is 40.7 Å². The molecule has 1 amide bonds. The number of nitrogens with zero attached hydrogens (tertiary/aromatic N) is 2. The minimum Gasteiger partial charge on any atom is -0.489 e. The molecule has 1 saturated heterocycles. The summed E-state index contributed by atoms with van der Waals surface area (Å²) in [5.41, 5.74) is -0.0769. The maximum Gasteiger partial charge on any atom is 0.223 e. The Labute approximate surface area is 201 Å². The Kier molecular flexibility index (Phi) is 6.50. The van der Waals surface area contributed by atoms with Gasteiger partial charge < -0.3 is 19.7 Å². The molecule has 0 bridgehead atoms. The predicted molar refractivity (Wildman–Crippen MR) is 127 cm³/mol. The molecule has 1 aliphatic heterocycles. The van der Waals surface area contributed by atoms with Gasteiger partial charge >= 0.3 is 0 Å². The van der Waals surface area contributed by atoms with Gasteiger partial charge in [-0.1, -0.05) is 39.3 Å². The largest absolute Gasteiger partial charge is 0.489 e. The molecule has 2 saturated carbocycles. The van der Waals surface area contributed by atoms with Crippen molar-refractivity contribution in [1.29, 1.82) is 5.26 Å². The number of amides is 1. The van der Waals surface area contributed by atoms with Crippen molar-refractivity contribution < 1.29 is 14.3 Å². The highest BCUT2D eigenvalue weighted by Gasteiger charge is 2.64. The average Bonchev–Trinajstić information content (AvgIpc) is 2.75. The van der Waals surface area contributed by atoms with Crippen LogP contribution >= 0.6 is 11.6 Å². The summed E-state index contributed by atoms with van der Waals surface area (Å²) in [6.45, 7) is 10.4. The van der Waals surface area contributed by atoms with E-state index < -0.39 is 0 Å². The molecule has 3 fully saturated rings. The van der Waals surface area contributed by atoms with Gasteiger partial charge in [-0.15, -0.1) is 0 Å². The first-order valence-corrected chi connectivity index (χ1v) is 12.3. The maximum atomic E-state index is 13.0. The molecule has 2 aliphatic carbocycles. The summed E-state index contributed by atoms with van der Waals surface area (Å²) in [6.07, 6.45) is 4.65. The van der Waals surface area contributed by atoms with E-state index in [2.05, 4.69) is 44.0 Å². The number of likely N-dealkylation sites (tertiary alicyclic amines) is 1. The molecule has 1 heterocycles. The standard InChI is InChI=1S/C26H34ClN3O3/c1-25(2)23(26(3,4)24(25)33-20-6-5-17(14-28)21(27)13-20)29-22(32)18-11-19(12-18)30-9-7-16(15-31)8-10-30/h5-6,13,15-16,18-19,23-24H,7-12H2,1-4H3,(H,29,32). The van der Waals surface area contributed by atoms with Crippen molar-refractivity contribution in [1.82, 2.24) is 10.2 Å². The second kappa shape index (κ2) is 8.92. The summed E-state index contributed by atoms with van der Waals surface area (Å²) in [6, 6.07) is 7.66. The van der Waals surface area contributed by atoms with Gasteiger partial charge in [0.15, 0.2) is 0 Å². The van der Waals surface area contributed by atoms with Crippen LogP contribution in [0.25, 0.3) is 0 Å². The molecule has 4 rings (SSSR count). The first-order valence-electron chi connectivity index (χ1n) is 11.9. The summed E-state index contributed by atoms with van der Waals surface area (Å²) in [7, 11) is 0. The minimum absolute atomic E-state index is 0.00117. The second-order valence-electron chi connectivity index (χ2n) is 11.2. The minimum atomic E-state index is -0.251. The average molecular weight is 472 g/mol. The number of aldehydes is 1. The van der Waals surface area contributed by atoms with Gasteiger partial charge in [0.25, 0.3) is 0 Å². The number of piperidine rings is 1. The zero-order valence-corrected chi connectivity index (χ0v) is 20.7. The zero-order valence-electron chi connectivity index (χ0n) is 19.9. The summed E-state index contributed by atoms with van der Waals surface area (Å²) in [5, 5.41) is 12.8. The normalized spacial score (nSPS) is 30.9. The van der Waals surface area contributed by atoms with Crippen LogP contribution in [0, 0.1) is 34.0 Å². The van der Waals surface area contributed by atoms with Crippen LogP contribution in [0.2, 0.25) is 5.02 Å². The van der Waals surface area contributed by atoms with Crippen LogP contribution in [0.4, 0.5) is 0 Å². The number of ether oxygens (including phenoxy) is 1. The lowest BCUT2D eigenvalue weighted by molar-refractivity contribution is -0.176. The van der Waals surface area contributed by atoms with Gasteiger partial charge in [-0.3, -0.25) is 4.79 Å². The smallest absolute Gasteiger partial charge is 0.223 e. The first kappa shape index (κ1) is 24.0. The number of halogens is 1. The summed E-state index contributed by atoms with van der Waals surface area (Å²) in [4.78, 5) is 26.5. The Hall–Kier alpha value is -2.10. The highest BCUT2D eigenvalue weighted by molar-refractivity contribution is 6.31. The van der Waals surface area contributed by atoms with Crippen LogP contribution in [0.5, 0.6) is 5.75 Å². The number of nitriles is 1. The Morgan fingerprint density at radius 3 is 2.39 bits per heavy atom. The number of nitrogens with one attached hydrogen (secondary N) is 1. The molecule has 0 atom stereocenters. The van der Waals surface area contributed by atoms with Gasteiger partial charge in [0, 0.05) is 40.8 Å². The monoisotopic (exact) mass is 471 g/mol. The second-order valence-corrected chi connectivity index (χ2v) is 11.6. The van der Waals surface area contributed by atoms with Gasteiger partial charge in [0.2, 0.25) is 5.91 Å². The van der Waals surface area contributed by atoms with Gasteiger partial charge in [-0.05, 0) is 50.9 Å². The molecule has 178 valence electrons. The van der Waals surface area contributed by atoms with Crippen molar-refractivity contribution in [2.45, 2.75) is 71.6 Å². The van der Waals surface area contributed by atoms with Crippen molar-refractivity contribution in [3.8, 4) is 11.8 Å². The van der Waals surface area contributed by atoms with Crippen molar-refractivity contribution in [2.24, 2.45) is 22.7 Å².